The fourth-order valence-electron chi connectivity index (χ4n) is 1.74. The molecule has 2 nitrogen and oxygen atoms in total. The van der Waals surface area contributed by atoms with Crippen molar-refractivity contribution in [3.63, 3.8) is 0 Å². The van der Waals surface area contributed by atoms with Gasteiger partial charge in [0.05, 0.1) is 21.0 Å². The van der Waals surface area contributed by atoms with Crippen LogP contribution >= 0.6 is 34.8 Å². The molecule has 0 aromatic heterocycles. The summed E-state index contributed by atoms with van der Waals surface area (Å²) in [4.78, 5) is 12.0. The van der Waals surface area contributed by atoms with Crippen molar-refractivity contribution in [2.75, 3.05) is 6.54 Å². The van der Waals surface area contributed by atoms with E-state index in [1.165, 1.54) is 0 Å². The van der Waals surface area contributed by atoms with E-state index in [0.29, 0.717) is 22.2 Å². The van der Waals surface area contributed by atoms with Crippen molar-refractivity contribution in [3.05, 3.63) is 33.8 Å². The highest BCUT2D eigenvalue weighted by atomic mass is 35.5. The molecular weight excluding hydrogens is 305 g/mol. The van der Waals surface area contributed by atoms with Crippen LogP contribution in [0.5, 0.6) is 0 Å². The van der Waals surface area contributed by atoms with Crippen molar-refractivity contribution in [2.45, 2.75) is 32.6 Å². The molecule has 0 spiro atoms. The Labute approximate surface area is 129 Å². The molecule has 5 heteroatoms. The highest BCUT2D eigenvalue weighted by Gasteiger charge is 2.19. The maximum atomic E-state index is 12.0. The van der Waals surface area contributed by atoms with E-state index < -0.39 is 0 Å². The van der Waals surface area contributed by atoms with Gasteiger partial charge in [0.2, 0.25) is 0 Å². The molecule has 0 bridgehead atoms. The number of hydrogen-bond acceptors (Lipinski definition) is 1. The van der Waals surface area contributed by atoms with E-state index in [2.05, 4.69) is 26.1 Å². The molecule has 0 aliphatic heterocycles. The smallest absolute Gasteiger partial charge is 0.254 e. The number of alkyl halides is 1. The lowest BCUT2D eigenvalue weighted by Gasteiger charge is -2.22. The lowest BCUT2D eigenvalue weighted by atomic mass is 9.90. The third-order valence-electron chi connectivity index (χ3n) is 2.51. The first-order valence-corrected chi connectivity index (χ1v) is 7.26. The van der Waals surface area contributed by atoms with Crippen LogP contribution in [-0.4, -0.2) is 17.8 Å². The fraction of sp³-hybridized carbons (Fsp3) is 0.500. The van der Waals surface area contributed by atoms with Gasteiger partial charge in [-0.3, -0.25) is 4.79 Å². The number of benzene rings is 1. The molecule has 1 aromatic rings. The molecule has 1 unspecified atom stereocenters. The predicted octanol–water partition coefficient (Wildman–Crippen LogP) is 4.77. The van der Waals surface area contributed by atoms with Crippen LogP contribution in [-0.2, 0) is 0 Å². The molecule has 0 fully saturated rings. The van der Waals surface area contributed by atoms with Crippen molar-refractivity contribution in [2.24, 2.45) is 5.41 Å². The van der Waals surface area contributed by atoms with E-state index in [1.54, 1.807) is 18.2 Å². The van der Waals surface area contributed by atoms with Crippen LogP contribution in [0.25, 0.3) is 0 Å². The van der Waals surface area contributed by atoms with Gasteiger partial charge in [0.25, 0.3) is 5.91 Å². The highest BCUT2D eigenvalue weighted by molar-refractivity contribution is 6.39. The van der Waals surface area contributed by atoms with Crippen LogP contribution in [0.3, 0.4) is 0 Å². The maximum absolute atomic E-state index is 12.0. The first kappa shape index (κ1) is 16.6. The lowest BCUT2D eigenvalue weighted by molar-refractivity contribution is 0.0952. The first-order chi connectivity index (χ1) is 8.70. The average molecular weight is 323 g/mol. The minimum absolute atomic E-state index is 0.120. The zero-order valence-electron chi connectivity index (χ0n) is 11.3. The molecule has 0 heterocycles. The molecule has 0 radical (unpaired) electrons. The molecule has 0 saturated heterocycles. The summed E-state index contributed by atoms with van der Waals surface area (Å²) in [7, 11) is 0. The summed E-state index contributed by atoms with van der Waals surface area (Å²) in [5, 5.41) is 3.32. The normalized spacial score (nSPS) is 13.2. The van der Waals surface area contributed by atoms with Crippen LogP contribution in [0.2, 0.25) is 10.0 Å². The Hall–Kier alpha value is -0.440. The van der Waals surface area contributed by atoms with Crippen molar-refractivity contribution in [1.82, 2.24) is 5.32 Å². The largest absolute Gasteiger partial charge is 0.350 e. The molecule has 19 heavy (non-hydrogen) atoms. The average Bonchev–Trinajstić information content (AvgIpc) is 2.23. The summed E-state index contributed by atoms with van der Waals surface area (Å²) in [6.07, 6.45) is 0.811. The van der Waals surface area contributed by atoms with Gasteiger partial charge in [0, 0.05) is 6.54 Å². The predicted molar refractivity (Wildman–Crippen MR) is 82.5 cm³/mol. The Bertz CT molecular complexity index is 434. The molecule has 1 N–H and O–H groups in total. The highest BCUT2D eigenvalue weighted by Crippen LogP contribution is 2.25. The van der Waals surface area contributed by atoms with E-state index in [9.17, 15) is 4.79 Å². The molecule has 1 atom stereocenters. The van der Waals surface area contributed by atoms with Gasteiger partial charge in [-0.05, 0) is 24.0 Å². The number of rotatable bonds is 4. The number of halogens is 3. The van der Waals surface area contributed by atoms with Crippen LogP contribution in [0.1, 0.15) is 37.6 Å². The second-order valence-electron chi connectivity index (χ2n) is 5.67. The summed E-state index contributed by atoms with van der Waals surface area (Å²) in [6, 6.07) is 4.97. The van der Waals surface area contributed by atoms with E-state index in [1.807, 2.05) is 0 Å². The third kappa shape index (κ3) is 5.60. The van der Waals surface area contributed by atoms with Crippen LogP contribution in [0.4, 0.5) is 0 Å². The molecule has 0 aliphatic rings. The second-order valence-corrected chi connectivity index (χ2v) is 7.10. The summed E-state index contributed by atoms with van der Waals surface area (Å²) in [5.41, 5.74) is 0.421. The maximum Gasteiger partial charge on any atom is 0.254 e. The molecule has 0 saturated carbocycles. The zero-order valence-corrected chi connectivity index (χ0v) is 13.5. The number of amides is 1. The Morgan fingerprint density at radius 2 is 1.79 bits per heavy atom. The minimum Gasteiger partial charge on any atom is -0.350 e. The first-order valence-electron chi connectivity index (χ1n) is 6.07. The Morgan fingerprint density at radius 3 is 2.26 bits per heavy atom. The van der Waals surface area contributed by atoms with Crippen molar-refractivity contribution < 1.29 is 4.79 Å². The third-order valence-corrected chi connectivity index (χ3v) is 3.45. The summed E-state index contributed by atoms with van der Waals surface area (Å²) >= 11 is 18.1. The van der Waals surface area contributed by atoms with Crippen molar-refractivity contribution in [3.8, 4) is 0 Å². The number of nitrogens with one attached hydrogen (secondary N) is 1. The molecule has 1 amide bonds. The monoisotopic (exact) mass is 321 g/mol. The van der Waals surface area contributed by atoms with Gasteiger partial charge in [0.1, 0.15) is 0 Å². The Morgan fingerprint density at radius 1 is 1.26 bits per heavy atom. The summed E-state index contributed by atoms with van der Waals surface area (Å²) in [5.74, 6) is -0.296. The van der Waals surface area contributed by atoms with Crippen molar-refractivity contribution >= 4 is 40.7 Å². The van der Waals surface area contributed by atoms with Gasteiger partial charge < -0.3 is 5.32 Å². The second kappa shape index (κ2) is 6.83. The summed E-state index contributed by atoms with van der Waals surface area (Å²) in [6.45, 7) is 6.71. The zero-order chi connectivity index (χ0) is 14.6. The van der Waals surface area contributed by atoms with E-state index in [-0.39, 0.29) is 16.7 Å². The van der Waals surface area contributed by atoms with Gasteiger partial charge in [-0.15, -0.1) is 11.6 Å². The standard InChI is InChI=1S/C14H18Cl3NO/c1-14(2,3)7-9(15)8-18-13(19)12-10(16)5-4-6-11(12)17/h4-6,9H,7-8H2,1-3H3,(H,18,19). The lowest BCUT2D eigenvalue weighted by Crippen LogP contribution is -2.32. The number of carbonyl (C=O) groups is 1. The minimum atomic E-state index is -0.296. The fourth-order valence-corrected chi connectivity index (χ4v) is 2.85. The van der Waals surface area contributed by atoms with Gasteiger partial charge >= 0.3 is 0 Å². The van der Waals surface area contributed by atoms with Gasteiger partial charge in [-0.1, -0.05) is 50.0 Å². The van der Waals surface area contributed by atoms with E-state index >= 15 is 0 Å². The Balaban J connectivity index is 2.61. The topological polar surface area (TPSA) is 29.1 Å². The van der Waals surface area contributed by atoms with Gasteiger partial charge in [0.15, 0.2) is 0 Å². The SMILES string of the molecule is CC(C)(C)CC(Cl)CNC(=O)c1c(Cl)cccc1Cl. The molecule has 106 valence electrons. The molecule has 1 rings (SSSR count). The summed E-state index contributed by atoms with van der Waals surface area (Å²) < 4.78 is 0. The van der Waals surface area contributed by atoms with Crippen LogP contribution in [0.15, 0.2) is 18.2 Å². The molecule has 1 aromatic carbocycles. The van der Waals surface area contributed by atoms with Crippen LogP contribution < -0.4 is 5.32 Å². The van der Waals surface area contributed by atoms with Crippen molar-refractivity contribution in [1.29, 1.82) is 0 Å². The molecule has 0 aliphatic carbocycles. The number of hydrogen-bond donors (Lipinski definition) is 1. The van der Waals surface area contributed by atoms with E-state index in [4.69, 9.17) is 34.8 Å². The van der Waals surface area contributed by atoms with Crippen LogP contribution in [0, 0.1) is 5.41 Å². The van der Waals surface area contributed by atoms with Gasteiger partial charge in [-0.2, -0.15) is 0 Å². The number of carbonyl (C=O) groups excluding carboxylic acids is 1. The van der Waals surface area contributed by atoms with E-state index in [0.717, 1.165) is 6.42 Å². The Kier molecular flexibility index (Phi) is 5.97. The van der Waals surface area contributed by atoms with Gasteiger partial charge in [-0.25, -0.2) is 0 Å². The molecular formula is C14H18Cl3NO. The quantitative estimate of drug-likeness (QED) is 0.795.